The molecule has 1 fully saturated rings. The molecule has 0 aromatic carbocycles. The standard InChI is InChI=1S/C14H30N2O/c1-6-13-11-17-9-8-16(13)12(3)10-15-14(4,5)7-2/h12-13,15H,6-11H2,1-5H3. The Labute approximate surface area is 107 Å². The summed E-state index contributed by atoms with van der Waals surface area (Å²) in [6, 6.07) is 1.19. The van der Waals surface area contributed by atoms with Crippen molar-refractivity contribution in [3.8, 4) is 0 Å². The molecule has 1 N–H and O–H groups in total. The van der Waals surface area contributed by atoms with Crippen LogP contribution in [0, 0.1) is 0 Å². The first-order valence-electron chi connectivity index (χ1n) is 7.08. The first-order chi connectivity index (χ1) is 8.00. The van der Waals surface area contributed by atoms with E-state index in [0.717, 1.165) is 26.3 Å². The fourth-order valence-electron chi connectivity index (χ4n) is 2.27. The second kappa shape index (κ2) is 6.72. The summed E-state index contributed by atoms with van der Waals surface area (Å²) in [5.41, 5.74) is 0.252. The number of rotatable bonds is 6. The third-order valence-corrected chi connectivity index (χ3v) is 4.07. The summed E-state index contributed by atoms with van der Waals surface area (Å²) < 4.78 is 5.56. The molecular formula is C14H30N2O. The molecule has 17 heavy (non-hydrogen) atoms. The maximum Gasteiger partial charge on any atom is 0.0622 e. The number of nitrogens with one attached hydrogen (secondary N) is 1. The maximum absolute atomic E-state index is 5.56. The zero-order valence-electron chi connectivity index (χ0n) is 12.3. The highest BCUT2D eigenvalue weighted by molar-refractivity contribution is 4.83. The SMILES string of the molecule is CCC1COCCN1C(C)CNC(C)(C)CC. The summed E-state index contributed by atoms with van der Waals surface area (Å²) in [5.74, 6) is 0. The van der Waals surface area contributed by atoms with Gasteiger partial charge in [0.2, 0.25) is 0 Å². The highest BCUT2D eigenvalue weighted by atomic mass is 16.5. The van der Waals surface area contributed by atoms with E-state index in [4.69, 9.17) is 4.74 Å². The number of hydrogen-bond acceptors (Lipinski definition) is 3. The van der Waals surface area contributed by atoms with Gasteiger partial charge in [-0.3, -0.25) is 4.90 Å². The lowest BCUT2D eigenvalue weighted by Crippen LogP contribution is -2.54. The topological polar surface area (TPSA) is 24.5 Å². The van der Waals surface area contributed by atoms with E-state index >= 15 is 0 Å². The fourth-order valence-corrected chi connectivity index (χ4v) is 2.27. The van der Waals surface area contributed by atoms with Gasteiger partial charge < -0.3 is 10.1 Å². The molecule has 2 unspecified atom stereocenters. The van der Waals surface area contributed by atoms with Crippen molar-refractivity contribution in [2.75, 3.05) is 26.3 Å². The van der Waals surface area contributed by atoms with Gasteiger partial charge in [0.1, 0.15) is 0 Å². The lowest BCUT2D eigenvalue weighted by Gasteiger charge is -2.40. The molecule has 0 aliphatic carbocycles. The zero-order valence-corrected chi connectivity index (χ0v) is 12.3. The first kappa shape index (κ1) is 14.9. The normalized spacial score (nSPS) is 24.9. The van der Waals surface area contributed by atoms with Crippen molar-refractivity contribution in [3.63, 3.8) is 0 Å². The summed E-state index contributed by atoms with van der Waals surface area (Å²) in [5, 5.41) is 3.67. The third-order valence-electron chi connectivity index (χ3n) is 4.07. The van der Waals surface area contributed by atoms with Gasteiger partial charge in [-0.15, -0.1) is 0 Å². The Kier molecular flexibility index (Phi) is 5.90. The van der Waals surface area contributed by atoms with E-state index in [1.807, 2.05) is 0 Å². The van der Waals surface area contributed by atoms with E-state index < -0.39 is 0 Å². The predicted molar refractivity (Wildman–Crippen MR) is 73.4 cm³/mol. The van der Waals surface area contributed by atoms with Crippen LogP contribution in [0.15, 0.2) is 0 Å². The quantitative estimate of drug-likeness (QED) is 0.773. The van der Waals surface area contributed by atoms with Gasteiger partial charge in [-0.2, -0.15) is 0 Å². The van der Waals surface area contributed by atoms with Gasteiger partial charge >= 0.3 is 0 Å². The van der Waals surface area contributed by atoms with Gasteiger partial charge in [-0.25, -0.2) is 0 Å². The van der Waals surface area contributed by atoms with Crippen molar-refractivity contribution in [1.29, 1.82) is 0 Å². The van der Waals surface area contributed by atoms with Crippen LogP contribution in [0.1, 0.15) is 47.5 Å². The zero-order chi connectivity index (χ0) is 12.9. The van der Waals surface area contributed by atoms with Crippen molar-refractivity contribution in [2.45, 2.75) is 65.1 Å². The third kappa shape index (κ3) is 4.57. The molecule has 3 heteroatoms. The lowest BCUT2D eigenvalue weighted by atomic mass is 10.0. The lowest BCUT2D eigenvalue weighted by molar-refractivity contribution is -0.0272. The predicted octanol–water partition coefficient (Wildman–Crippen LogP) is 2.26. The van der Waals surface area contributed by atoms with Crippen LogP contribution in [0.25, 0.3) is 0 Å². The van der Waals surface area contributed by atoms with Crippen LogP contribution in [0.2, 0.25) is 0 Å². The van der Waals surface area contributed by atoms with E-state index in [2.05, 4.69) is 44.8 Å². The molecule has 2 atom stereocenters. The van der Waals surface area contributed by atoms with Gasteiger partial charge in [0.05, 0.1) is 13.2 Å². The molecule has 0 spiro atoms. The van der Waals surface area contributed by atoms with E-state index in [1.165, 1.54) is 12.8 Å². The van der Waals surface area contributed by atoms with Crippen molar-refractivity contribution in [3.05, 3.63) is 0 Å². The van der Waals surface area contributed by atoms with E-state index in [0.29, 0.717) is 12.1 Å². The van der Waals surface area contributed by atoms with Crippen LogP contribution in [-0.4, -0.2) is 48.8 Å². The molecule has 0 aromatic rings. The number of ether oxygens (including phenoxy) is 1. The van der Waals surface area contributed by atoms with Crippen LogP contribution in [-0.2, 0) is 4.74 Å². The molecule has 1 heterocycles. The highest BCUT2D eigenvalue weighted by Gasteiger charge is 2.26. The van der Waals surface area contributed by atoms with Gasteiger partial charge in [-0.05, 0) is 33.6 Å². The van der Waals surface area contributed by atoms with Crippen molar-refractivity contribution >= 4 is 0 Å². The van der Waals surface area contributed by atoms with Crippen LogP contribution in [0.4, 0.5) is 0 Å². The Morgan fingerprint density at radius 2 is 2.12 bits per heavy atom. The van der Waals surface area contributed by atoms with Crippen molar-refractivity contribution in [1.82, 2.24) is 10.2 Å². The van der Waals surface area contributed by atoms with E-state index in [-0.39, 0.29) is 5.54 Å². The molecule has 3 nitrogen and oxygen atoms in total. The molecular weight excluding hydrogens is 212 g/mol. The highest BCUT2D eigenvalue weighted by Crippen LogP contribution is 2.15. The Bertz CT molecular complexity index is 218. The van der Waals surface area contributed by atoms with Gasteiger partial charge in [0.15, 0.2) is 0 Å². The average Bonchev–Trinajstić information content (AvgIpc) is 2.36. The van der Waals surface area contributed by atoms with Gasteiger partial charge in [0.25, 0.3) is 0 Å². The van der Waals surface area contributed by atoms with Crippen LogP contribution < -0.4 is 5.32 Å². The smallest absolute Gasteiger partial charge is 0.0622 e. The minimum atomic E-state index is 0.252. The molecule has 0 aromatic heterocycles. The number of hydrogen-bond donors (Lipinski definition) is 1. The van der Waals surface area contributed by atoms with Crippen LogP contribution >= 0.6 is 0 Å². The minimum Gasteiger partial charge on any atom is -0.378 e. The van der Waals surface area contributed by atoms with Gasteiger partial charge in [-0.1, -0.05) is 13.8 Å². The Hall–Kier alpha value is -0.120. The summed E-state index contributed by atoms with van der Waals surface area (Å²) in [6.07, 6.45) is 2.35. The molecule has 1 aliphatic heterocycles. The molecule has 102 valence electrons. The molecule has 0 amide bonds. The van der Waals surface area contributed by atoms with Crippen LogP contribution in [0.5, 0.6) is 0 Å². The Morgan fingerprint density at radius 1 is 1.41 bits per heavy atom. The Morgan fingerprint density at radius 3 is 2.71 bits per heavy atom. The minimum absolute atomic E-state index is 0.252. The number of morpholine rings is 1. The monoisotopic (exact) mass is 242 g/mol. The molecule has 0 saturated carbocycles. The number of nitrogens with zero attached hydrogens (tertiary/aromatic N) is 1. The van der Waals surface area contributed by atoms with E-state index in [9.17, 15) is 0 Å². The average molecular weight is 242 g/mol. The summed E-state index contributed by atoms with van der Waals surface area (Å²) >= 11 is 0. The molecule has 0 radical (unpaired) electrons. The second-order valence-corrected chi connectivity index (χ2v) is 5.84. The molecule has 1 saturated heterocycles. The Balaban J connectivity index is 2.42. The maximum atomic E-state index is 5.56. The first-order valence-corrected chi connectivity index (χ1v) is 7.08. The summed E-state index contributed by atoms with van der Waals surface area (Å²) in [4.78, 5) is 2.60. The van der Waals surface area contributed by atoms with E-state index in [1.54, 1.807) is 0 Å². The van der Waals surface area contributed by atoms with Crippen molar-refractivity contribution < 1.29 is 4.74 Å². The summed E-state index contributed by atoms with van der Waals surface area (Å²) in [6.45, 7) is 15.3. The van der Waals surface area contributed by atoms with Crippen LogP contribution in [0.3, 0.4) is 0 Å². The fraction of sp³-hybridized carbons (Fsp3) is 1.00. The molecule has 1 aliphatic rings. The largest absolute Gasteiger partial charge is 0.378 e. The molecule has 1 rings (SSSR count). The van der Waals surface area contributed by atoms with Gasteiger partial charge in [0, 0.05) is 30.7 Å². The van der Waals surface area contributed by atoms with Crippen molar-refractivity contribution in [2.24, 2.45) is 0 Å². The molecule has 0 bridgehead atoms. The second-order valence-electron chi connectivity index (χ2n) is 5.84. The summed E-state index contributed by atoms with van der Waals surface area (Å²) in [7, 11) is 0.